The van der Waals surface area contributed by atoms with Gasteiger partial charge in [-0.05, 0) is 38.1 Å². The Hall–Kier alpha value is -3.65. The summed E-state index contributed by atoms with van der Waals surface area (Å²) in [6.07, 6.45) is 0.274. The number of nitrogens with zero attached hydrogens (tertiary/aromatic N) is 6. The van der Waals surface area contributed by atoms with Crippen molar-refractivity contribution < 1.29 is 9.53 Å². The maximum absolute atomic E-state index is 13.2. The van der Waals surface area contributed by atoms with Crippen LogP contribution in [0.2, 0.25) is 5.02 Å². The fourth-order valence-electron chi connectivity index (χ4n) is 4.57. The summed E-state index contributed by atoms with van der Waals surface area (Å²) < 4.78 is 7.20. The smallest absolute Gasteiger partial charge is 0.253 e. The van der Waals surface area contributed by atoms with Gasteiger partial charge in [0.15, 0.2) is 5.82 Å². The summed E-state index contributed by atoms with van der Waals surface area (Å²) in [5, 5.41) is 5.22. The van der Waals surface area contributed by atoms with E-state index in [1.165, 1.54) is 0 Å². The first-order chi connectivity index (χ1) is 17.0. The van der Waals surface area contributed by atoms with Crippen LogP contribution in [-0.2, 0) is 11.2 Å². The predicted molar refractivity (Wildman–Crippen MR) is 136 cm³/mol. The fraction of sp³-hybridized carbons (Fsp3) is 0.308. The van der Waals surface area contributed by atoms with Gasteiger partial charge in [-0.15, -0.1) is 5.10 Å². The monoisotopic (exact) mass is 490 g/mol. The van der Waals surface area contributed by atoms with Crippen molar-refractivity contribution in [2.75, 3.05) is 38.2 Å². The minimum absolute atomic E-state index is 0.0865. The van der Waals surface area contributed by atoms with Gasteiger partial charge in [-0.3, -0.25) is 4.79 Å². The molecular formula is C26H27ClN6O2. The van der Waals surface area contributed by atoms with E-state index in [1.807, 2.05) is 61.2 Å². The Bertz CT molecular complexity index is 1390. The van der Waals surface area contributed by atoms with Crippen molar-refractivity contribution >= 4 is 29.0 Å². The molecule has 0 atom stereocenters. The van der Waals surface area contributed by atoms with Gasteiger partial charge < -0.3 is 14.5 Å². The zero-order chi connectivity index (χ0) is 24.5. The maximum Gasteiger partial charge on any atom is 0.253 e. The minimum Gasteiger partial charge on any atom is -0.495 e. The lowest BCUT2D eigenvalue weighted by molar-refractivity contribution is -0.130. The van der Waals surface area contributed by atoms with Gasteiger partial charge in [0, 0.05) is 48.7 Å². The molecule has 0 N–H and O–H groups in total. The molecule has 1 fully saturated rings. The number of anilines is 1. The first-order valence-corrected chi connectivity index (χ1v) is 12.0. The third-order valence-corrected chi connectivity index (χ3v) is 6.88. The average molecular weight is 491 g/mol. The highest BCUT2D eigenvalue weighted by molar-refractivity contribution is 6.33. The summed E-state index contributed by atoms with van der Waals surface area (Å²) >= 11 is 6.34. The second-order valence-corrected chi connectivity index (χ2v) is 9.01. The van der Waals surface area contributed by atoms with Crippen molar-refractivity contribution in [2.45, 2.75) is 20.3 Å². The van der Waals surface area contributed by atoms with Crippen molar-refractivity contribution in [1.29, 1.82) is 0 Å². The molecule has 35 heavy (non-hydrogen) atoms. The standard InChI is InChI=1S/C26H27ClN6O2/c1-17-20(18(2)33-26(28-17)29-25(30-33)19-8-4-5-9-21(19)27)16-24(34)32-14-12-31(13-15-32)22-10-6-7-11-23(22)35-3/h4-11H,12-16H2,1-3H3. The van der Waals surface area contributed by atoms with Gasteiger partial charge in [-0.2, -0.15) is 4.98 Å². The number of amides is 1. The van der Waals surface area contributed by atoms with Gasteiger partial charge >= 0.3 is 0 Å². The van der Waals surface area contributed by atoms with Crippen LogP contribution in [0.4, 0.5) is 5.69 Å². The normalized spacial score (nSPS) is 13.9. The summed E-state index contributed by atoms with van der Waals surface area (Å²) in [5.74, 6) is 1.95. The molecule has 9 heteroatoms. The number of piperazine rings is 1. The van der Waals surface area contributed by atoms with E-state index >= 15 is 0 Å². The highest BCUT2D eigenvalue weighted by atomic mass is 35.5. The number of ether oxygens (including phenoxy) is 1. The molecular weight excluding hydrogens is 464 g/mol. The molecule has 5 rings (SSSR count). The Balaban J connectivity index is 1.33. The van der Waals surface area contributed by atoms with Gasteiger partial charge in [0.25, 0.3) is 5.78 Å². The van der Waals surface area contributed by atoms with Crippen LogP contribution in [0.25, 0.3) is 17.2 Å². The number of benzene rings is 2. The number of fused-ring (bicyclic) bond motifs is 1. The van der Waals surface area contributed by atoms with Crippen molar-refractivity contribution in [1.82, 2.24) is 24.5 Å². The molecule has 1 saturated heterocycles. The molecule has 1 aliphatic rings. The van der Waals surface area contributed by atoms with Gasteiger partial charge in [0.05, 0.1) is 24.2 Å². The molecule has 8 nitrogen and oxygen atoms in total. The highest BCUT2D eigenvalue weighted by Crippen LogP contribution is 2.29. The molecule has 1 aliphatic heterocycles. The number of carbonyl (C=O) groups excluding carboxylic acids is 1. The Morgan fingerprint density at radius 2 is 1.71 bits per heavy atom. The molecule has 0 bridgehead atoms. The lowest BCUT2D eigenvalue weighted by Gasteiger charge is -2.36. The van der Waals surface area contributed by atoms with Crippen LogP contribution in [0, 0.1) is 13.8 Å². The summed E-state index contributed by atoms with van der Waals surface area (Å²) in [7, 11) is 1.68. The van der Waals surface area contributed by atoms with Crippen LogP contribution >= 0.6 is 11.6 Å². The fourth-order valence-corrected chi connectivity index (χ4v) is 4.79. The quantitative estimate of drug-likeness (QED) is 0.421. The lowest BCUT2D eigenvalue weighted by Crippen LogP contribution is -2.49. The van der Waals surface area contributed by atoms with E-state index in [0.29, 0.717) is 29.7 Å². The second-order valence-electron chi connectivity index (χ2n) is 8.60. The van der Waals surface area contributed by atoms with E-state index < -0.39 is 0 Å². The van der Waals surface area contributed by atoms with Crippen molar-refractivity contribution in [3.05, 3.63) is 70.5 Å². The topological polar surface area (TPSA) is 75.9 Å². The SMILES string of the molecule is COc1ccccc1N1CCN(C(=O)Cc2c(C)nc3nc(-c4ccccc4Cl)nn3c2C)CC1. The second kappa shape index (κ2) is 9.54. The van der Waals surface area contributed by atoms with Gasteiger partial charge in [0.1, 0.15) is 5.75 Å². The van der Waals surface area contributed by atoms with Crippen LogP contribution in [0.15, 0.2) is 48.5 Å². The molecule has 0 saturated carbocycles. The van der Waals surface area contributed by atoms with Gasteiger partial charge in [0.2, 0.25) is 5.91 Å². The third kappa shape index (κ3) is 4.41. The Morgan fingerprint density at radius 3 is 2.46 bits per heavy atom. The van der Waals surface area contributed by atoms with E-state index in [1.54, 1.807) is 11.6 Å². The number of para-hydroxylation sites is 2. The summed E-state index contributed by atoms with van der Waals surface area (Å²) in [4.78, 5) is 26.6. The first-order valence-electron chi connectivity index (χ1n) is 11.6. The number of aryl methyl sites for hydroxylation is 2. The first kappa shape index (κ1) is 23.1. The lowest BCUT2D eigenvalue weighted by atomic mass is 10.1. The molecule has 4 aromatic rings. The van der Waals surface area contributed by atoms with E-state index in [4.69, 9.17) is 16.3 Å². The average Bonchev–Trinajstić information content (AvgIpc) is 3.30. The number of carbonyl (C=O) groups is 1. The van der Waals surface area contributed by atoms with Crippen molar-refractivity contribution in [3.63, 3.8) is 0 Å². The zero-order valence-electron chi connectivity index (χ0n) is 20.0. The van der Waals surface area contributed by atoms with Crippen LogP contribution in [0.3, 0.4) is 0 Å². The van der Waals surface area contributed by atoms with E-state index in [-0.39, 0.29) is 12.3 Å². The van der Waals surface area contributed by atoms with Crippen molar-refractivity contribution in [3.8, 4) is 17.1 Å². The largest absolute Gasteiger partial charge is 0.495 e. The molecule has 0 aliphatic carbocycles. The minimum atomic E-state index is 0.0865. The van der Waals surface area contributed by atoms with Crippen LogP contribution in [0.1, 0.15) is 17.0 Å². The third-order valence-electron chi connectivity index (χ3n) is 6.55. The predicted octanol–water partition coefficient (Wildman–Crippen LogP) is 3.96. The molecule has 1 amide bonds. The van der Waals surface area contributed by atoms with E-state index in [9.17, 15) is 4.79 Å². The molecule has 0 radical (unpaired) electrons. The summed E-state index contributed by atoms with van der Waals surface area (Å²) in [6.45, 7) is 6.70. The van der Waals surface area contributed by atoms with Crippen LogP contribution in [0.5, 0.6) is 5.75 Å². The summed E-state index contributed by atoms with van der Waals surface area (Å²) in [6, 6.07) is 15.4. The molecule has 2 aromatic carbocycles. The Morgan fingerprint density at radius 1 is 1.00 bits per heavy atom. The van der Waals surface area contributed by atoms with Crippen LogP contribution in [-0.4, -0.2) is 63.7 Å². The number of halogens is 1. The summed E-state index contributed by atoms with van der Waals surface area (Å²) in [5.41, 5.74) is 4.34. The Kier molecular flexibility index (Phi) is 6.30. The highest BCUT2D eigenvalue weighted by Gasteiger charge is 2.25. The number of hydrogen-bond donors (Lipinski definition) is 0. The molecule has 0 unspecified atom stereocenters. The molecule has 3 heterocycles. The number of methoxy groups -OCH3 is 1. The molecule has 0 spiro atoms. The van der Waals surface area contributed by atoms with E-state index in [2.05, 4.69) is 26.0 Å². The van der Waals surface area contributed by atoms with Gasteiger partial charge in [-0.1, -0.05) is 35.9 Å². The number of hydrogen-bond acceptors (Lipinski definition) is 6. The van der Waals surface area contributed by atoms with Crippen molar-refractivity contribution in [2.24, 2.45) is 0 Å². The number of rotatable bonds is 5. The van der Waals surface area contributed by atoms with Gasteiger partial charge in [-0.25, -0.2) is 9.50 Å². The number of aromatic nitrogens is 4. The molecule has 180 valence electrons. The maximum atomic E-state index is 13.2. The molecule has 2 aromatic heterocycles. The van der Waals surface area contributed by atoms with Crippen LogP contribution < -0.4 is 9.64 Å². The van der Waals surface area contributed by atoms with E-state index in [0.717, 1.165) is 47.0 Å². The zero-order valence-corrected chi connectivity index (χ0v) is 20.8. The Labute approximate surface area is 209 Å².